The summed E-state index contributed by atoms with van der Waals surface area (Å²) in [5.74, 6) is 0.171. The largest absolute Gasteiger partial charge is 0.387 e. The van der Waals surface area contributed by atoms with Gasteiger partial charge in [-0.3, -0.25) is 5.41 Å². The van der Waals surface area contributed by atoms with Crippen molar-refractivity contribution in [1.82, 2.24) is 0 Å². The van der Waals surface area contributed by atoms with Crippen LogP contribution in [0.3, 0.4) is 0 Å². The van der Waals surface area contributed by atoms with Gasteiger partial charge in [0.1, 0.15) is 0 Å². The Kier molecular flexibility index (Phi) is 2.65. The molecule has 0 aliphatic rings. The van der Waals surface area contributed by atoms with Crippen LogP contribution in [0.5, 0.6) is 0 Å². The van der Waals surface area contributed by atoms with E-state index >= 15 is 0 Å². The average Bonchev–Trinajstić information content (AvgIpc) is 1.65. The number of amidine groups is 1. The Morgan fingerprint density at radius 2 is 2.11 bits per heavy atom. The lowest BCUT2D eigenvalue weighted by Gasteiger charge is -2.20. The Labute approximate surface area is 55.7 Å². The second-order valence-corrected chi connectivity index (χ2v) is 2.73. The fourth-order valence-corrected chi connectivity index (χ4v) is 0.439. The molecule has 0 atom stereocenters. The van der Waals surface area contributed by atoms with Crippen molar-refractivity contribution in [3.8, 4) is 0 Å². The van der Waals surface area contributed by atoms with Gasteiger partial charge in [0.25, 0.3) is 0 Å². The van der Waals surface area contributed by atoms with Crippen LogP contribution in [0.1, 0.15) is 13.8 Å². The van der Waals surface area contributed by atoms with Gasteiger partial charge in [0.15, 0.2) is 0 Å². The Hall–Kier alpha value is -0.570. The number of hydrogen-bond acceptors (Lipinski definition) is 2. The van der Waals surface area contributed by atoms with Crippen molar-refractivity contribution >= 4 is 5.84 Å². The van der Waals surface area contributed by atoms with E-state index in [4.69, 9.17) is 15.9 Å². The first-order chi connectivity index (χ1) is 4.00. The molecule has 0 bridgehead atoms. The summed E-state index contributed by atoms with van der Waals surface area (Å²) in [4.78, 5) is 0. The minimum absolute atomic E-state index is 0.171. The fourth-order valence-electron chi connectivity index (χ4n) is 0.439. The van der Waals surface area contributed by atoms with Crippen molar-refractivity contribution in [2.45, 2.75) is 13.8 Å². The third kappa shape index (κ3) is 2.46. The Bertz CT molecular complexity index is 110. The lowest BCUT2D eigenvalue weighted by molar-refractivity contribution is 0.141. The maximum atomic E-state index is 7.10. The average molecular weight is 130 g/mol. The molecule has 3 nitrogen and oxygen atoms in total. The molecule has 0 aliphatic carbocycles. The molecule has 3 N–H and O–H groups in total. The third-order valence-corrected chi connectivity index (χ3v) is 1.23. The molecule has 0 radical (unpaired) electrons. The molecule has 0 aromatic carbocycles. The molecule has 0 amide bonds. The van der Waals surface area contributed by atoms with Gasteiger partial charge in [-0.25, -0.2) is 0 Å². The van der Waals surface area contributed by atoms with Crippen LogP contribution in [0.25, 0.3) is 0 Å². The molecule has 3 heteroatoms. The molecule has 0 heterocycles. The SMILES string of the molecule is COCC(C)(C)C(=N)N. The van der Waals surface area contributed by atoms with E-state index in [9.17, 15) is 0 Å². The molecule has 0 aliphatic heterocycles. The number of nitrogens with one attached hydrogen (secondary N) is 1. The van der Waals surface area contributed by atoms with Gasteiger partial charge in [-0.05, 0) is 0 Å². The summed E-state index contributed by atoms with van der Waals surface area (Å²) in [6, 6.07) is 0. The first kappa shape index (κ1) is 8.43. The van der Waals surface area contributed by atoms with E-state index in [0.29, 0.717) is 6.61 Å². The normalized spacial score (nSPS) is 11.4. The monoisotopic (exact) mass is 130 g/mol. The van der Waals surface area contributed by atoms with E-state index in [0.717, 1.165) is 0 Å². The van der Waals surface area contributed by atoms with Gasteiger partial charge in [-0.1, -0.05) is 13.8 Å². The highest BCUT2D eigenvalue weighted by Crippen LogP contribution is 2.13. The Morgan fingerprint density at radius 3 is 2.22 bits per heavy atom. The van der Waals surface area contributed by atoms with Crippen molar-refractivity contribution in [2.75, 3.05) is 13.7 Å². The Morgan fingerprint density at radius 1 is 1.67 bits per heavy atom. The van der Waals surface area contributed by atoms with Crippen LogP contribution in [0, 0.1) is 10.8 Å². The lowest BCUT2D eigenvalue weighted by Crippen LogP contribution is -2.34. The number of ether oxygens (including phenoxy) is 1. The summed E-state index contributed by atoms with van der Waals surface area (Å²) in [6.07, 6.45) is 0. The summed E-state index contributed by atoms with van der Waals surface area (Å²) >= 11 is 0. The van der Waals surface area contributed by atoms with Crippen LogP contribution in [0.2, 0.25) is 0 Å². The smallest absolute Gasteiger partial charge is 0.0986 e. The molecule has 0 aromatic heterocycles. The maximum Gasteiger partial charge on any atom is 0.0986 e. The molecular weight excluding hydrogens is 116 g/mol. The van der Waals surface area contributed by atoms with Crippen molar-refractivity contribution in [1.29, 1.82) is 5.41 Å². The number of hydrogen-bond donors (Lipinski definition) is 2. The first-order valence-corrected chi connectivity index (χ1v) is 2.84. The predicted octanol–water partition coefficient (Wildman–Crippen LogP) is 0.595. The quantitative estimate of drug-likeness (QED) is 0.434. The topological polar surface area (TPSA) is 59.1 Å². The van der Waals surface area contributed by atoms with Crippen LogP contribution >= 0.6 is 0 Å². The molecule has 0 aromatic rings. The van der Waals surface area contributed by atoms with E-state index in [-0.39, 0.29) is 11.3 Å². The molecule has 0 rings (SSSR count). The van der Waals surface area contributed by atoms with E-state index in [1.165, 1.54) is 0 Å². The van der Waals surface area contributed by atoms with Crippen molar-refractivity contribution in [2.24, 2.45) is 11.1 Å². The van der Waals surface area contributed by atoms with Gasteiger partial charge in [0, 0.05) is 12.5 Å². The zero-order chi connectivity index (χ0) is 7.49. The summed E-state index contributed by atoms with van der Waals surface area (Å²) in [7, 11) is 1.60. The molecule has 0 saturated carbocycles. The molecule has 0 fully saturated rings. The molecule has 0 saturated heterocycles. The second kappa shape index (κ2) is 2.82. The first-order valence-electron chi connectivity index (χ1n) is 2.84. The van der Waals surface area contributed by atoms with Crippen molar-refractivity contribution in [3.63, 3.8) is 0 Å². The van der Waals surface area contributed by atoms with Crippen LogP contribution in [-0.4, -0.2) is 19.6 Å². The van der Waals surface area contributed by atoms with Crippen LogP contribution in [0.4, 0.5) is 0 Å². The molecule has 54 valence electrons. The van der Waals surface area contributed by atoms with Crippen molar-refractivity contribution < 1.29 is 4.74 Å². The Balaban J connectivity index is 3.85. The van der Waals surface area contributed by atoms with Crippen LogP contribution in [-0.2, 0) is 4.74 Å². The third-order valence-electron chi connectivity index (χ3n) is 1.23. The highest BCUT2D eigenvalue weighted by atomic mass is 16.5. The van der Waals surface area contributed by atoms with Crippen LogP contribution in [0.15, 0.2) is 0 Å². The zero-order valence-electron chi connectivity index (χ0n) is 6.19. The van der Waals surface area contributed by atoms with E-state index in [1.54, 1.807) is 7.11 Å². The predicted molar refractivity (Wildman–Crippen MR) is 37.6 cm³/mol. The number of methoxy groups -OCH3 is 1. The summed E-state index contributed by atoms with van der Waals surface area (Å²) in [5, 5.41) is 7.10. The lowest BCUT2D eigenvalue weighted by atomic mass is 9.94. The standard InChI is InChI=1S/C6H14N2O/c1-6(2,4-9-3)5(7)8/h4H2,1-3H3,(H3,7,8). The van der Waals surface area contributed by atoms with Gasteiger partial charge in [-0.15, -0.1) is 0 Å². The highest BCUT2D eigenvalue weighted by molar-refractivity contribution is 5.82. The maximum absolute atomic E-state index is 7.10. The van der Waals surface area contributed by atoms with Crippen molar-refractivity contribution in [3.05, 3.63) is 0 Å². The molecule has 0 spiro atoms. The van der Waals surface area contributed by atoms with Gasteiger partial charge >= 0.3 is 0 Å². The number of nitrogens with two attached hydrogens (primary N) is 1. The number of rotatable bonds is 3. The van der Waals surface area contributed by atoms with Gasteiger partial charge in [-0.2, -0.15) is 0 Å². The highest BCUT2D eigenvalue weighted by Gasteiger charge is 2.20. The summed E-state index contributed by atoms with van der Waals surface area (Å²) in [6.45, 7) is 4.25. The second-order valence-electron chi connectivity index (χ2n) is 2.73. The fraction of sp³-hybridized carbons (Fsp3) is 0.833. The summed E-state index contributed by atoms with van der Waals surface area (Å²) < 4.78 is 4.85. The van der Waals surface area contributed by atoms with Crippen LogP contribution < -0.4 is 5.73 Å². The van der Waals surface area contributed by atoms with Gasteiger partial charge < -0.3 is 10.5 Å². The van der Waals surface area contributed by atoms with E-state index in [2.05, 4.69) is 0 Å². The minimum Gasteiger partial charge on any atom is -0.387 e. The molecule has 0 unspecified atom stereocenters. The van der Waals surface area contributed by atoms with E-state index < -0.39 is 0 Å². The van der Waals surface area contributed by atoms with Gasteiger partial charge in [0.05, 0.1) is 12.4 Å². The molecule has 9 heavy (non-hydrogen) atoms. The molecular formula is C6H14N2O. The van der Waals surface area contributed by atoms with E-state index in [1.807, 2.05) is 13.8 Å². The minimum atomic E-state index is -0.311. The summed E-state index contributed by atoms with van der Waals surface area (Å²) in [5.41, 5.74) is 4.95. The zero-order valence-corrected chi connectivity index (χ0v) is 6.19. The van der Waals surface area contributed by atoms with Gasteiger partial charge in [0.2, 0.25) is 0 Å².